The standard InChI is InChI=1S/C26H28N2O8/c29-19-13-23-21(33-15-35-23)11-17(19)5-7-25(31)27-9-3-1-2-4-10-28-26(32)8-6-18-12-22-24(14-20(18)30)36-16-34-22/h5-8,11-14,29-30H,1-4,9-10,15-16H2,(H,27,31)(H,28,32)/b7-5+,8-6+. The minimum Gasteiger partial charge on any atom is -0.507 e. The van der Waals surface area contributed by atoms with Gasteiger partial charge in [-0.05, 0) is 37.1 Å². The summed E-state index contributed by atoms with van der Waals surface area (Å²) in [6, 6.07) is 6.17. The number of carbonyl (C=O) groups excluding carboxylic acids is 2. The number of nitrogens with one attached hydrogen (secondary N) is 2. The molecule has 4 N–H and O–H groups in total. The van der Waals surface area contributed by atoms with Crippen molar-refractivity contribution in [2.45, 2.75) is 25.7 Å². The highest BCUT2D eigenvalue weighted by atomic mass is 16.7. The molecule has 36 heavy (non-hydrogen) atoms. The molecular weight excluding hydrogens is 468 g/mol. The summed E-state index contributed by atoms with van der Waals surface area (Å²) in [5, 5.41) is 25.6. The van der Waals surface area contributed by atoms with Gasteiger partial charge >= 0.3 is 0 Å². The Morgan fingerprint density at radius 1 is 0.667 bits per heavy atom. The first-order chi connectivity index (χ1) is 17.5. The highest BCUT2D eigenvalue weighted by Gasteiger charge is 2.17. The topological polar surface area (TPSA) is 136 Å². The van der Waals surface area contributed by atoms with Gasteiger partial charge in [0.05, 0.1) is 0 Å². The van der Waals surface area contributed by atoms with Gasteiger partial charge in [-0.3, -0.25) is 9.59 Å². The second kappa shape index (κ2) is 11.9. The van der Waals surface area contributed by atoms with E-state index in [0.29, 0.717) is 47.2 Å². The van der Waals surface area contributed by atoms with Crippen molar-refractivity contribution in [3.05, 3.63) is 47.5 Å². The van der Waals surface area contributed by atoms with Gasteiger partial charge in [0.15, 0.2) is 23.0 Å². The van der Waals surface area contributed by atoms with E-state index < -0.39 is 0 Å². The third kappa shape index (κ3) is 6.62. The Hall–Kier alpha value is -4.34. The summed E-state index contributed by atoms with van der Waals surface area (Å²) in [5.41, 5.74) is 0.943. The van der Waals surface area contributed by atoms with E-state index in [1.54, 1.807) is 12.1 Å². The van der Waals surface area contributed by atoms with Gasteiger partial charge in [0.2, 0.25) is 25.4 Å². The maximum atomic E-state index is 12.0. The van der Waals surface area contributed by atoms with Gasteiger partial charge in [-0.2, -0.15) is 0 Å². The van der Waals surface area contributed by atoms with Crippen LogP contribution < -0.4 is 29.6 Å². The molecule has 0 atom stereocenters. The first kappa shape index (κ1) is 24.8. The molecule has 190 valence electrons. The van der Waals surface area contributed by atoms with Gasteiger partial charge < -0.3 is 39.8 Å². The number of carbonyl (C=O) groups is 2. The maximum absolute atomic E-state index is 12.0. The molecule has 0 saturated heterocycles. The van der Waals surface area contributed by atoms with Crippen LogP contribution in [0.15, 0.2) is 36.4 Å². The van der Waals surface area contributed by atoms with E-state index in [0.717, 1.165) is 25.7 Å². The molecule has 10 heteroatoms. The van der Waals surface area contributed by atoms with Gasteiger partial charge in [-0.1, -0.05) is 12.8 Å². The molecule has 4 rings (SSSR count). The Morgan fingerprint density at radius 2 is 1.06 bits per heavy atom. The number of phenolic OH excluding ortho intramolecular Hbond substituents is 2. The Kier molecular flexibility index (Phi) is 8.17. The van der Waals surface area contributed by atoms with Gasteiger partial charge in [0.25, 0.3) is 0 Å². The van der Waals surface area contributed by atoms with Crippen molar-refractivity contribution < 1.29 is 38.7 Å². The van der Waals surface area contributed by atoms with Crippen molar-refractivity contribution in [2.24, 2.45) is 0 Å². The fourth-order valence-corrected chi connectivity index (χ4v) is 3.64. The van der Waals surface area contributed by atoms with E-state index in [2.05, 4.69) is 10.6 Å². The number of hydrogen-bond donors (Lipinski definition) is 4. The minimum absolute atomic E-state index is 0.0111. The lowest BCUT2D eigenvalue weighted by Gasteiger charge is -2.05. The number of unbranched alkanes of at least 4 members (excludes halogenated alkanes) is 3. The molecule has 2 heterocycles. The van der Waals surface area contributed by atoms with Gasteiger partial charge in [-0.25, -0.2) is 0 Å². The summed E-state index contributed by atoms with van der Waals surface area (Å²) in [7, 11) is 0. The number of amides is 2. The van der Waals surface area contributed by atoms with Gasteiger partial charge in [-0.15, -0.1) is 0 Å². The van der Waals surface area contributed by atoms with Crippen molar-refractivity contribution >= 4 is 24.0 Å². The lowest BCUT2D eigenvalue weighted by Crippen LogP contribution is -2.23. The Morgan fingerprint density at radius 3 is 1.47 bits per heavy atom. The number of aromatic hydroxyl groups is 2. The van der Waals surface area contributed by atoms with E-state index in [9.17, 15) is 19.8 Å². The molecule has 0 aliphatic carbocycles. The van der Waals surface area contributed by atoms with Crippen LogP contribution in [-0.4, -0.2) is 48.7 Å². The van der Waals surface area contributed by atoms with Crippen molar-refractivity contribution in [2.75, 3.05) is 26.7 Å². The highest BCUT2D eigenvalue weighted by molar-refractivity contribution is 5.92. The van der Waals surface area contributed by atoms with Crippen molar-refractivity contribution in [1.29, 1.82) is 0 Å². The average Bonchev–Trinajstić information content (AvgIpc) is 3.51. The van der Waals surface area contributed by atoms with Crippen LogP contribution in [-0.2, 0) is 9.59 Å². The average molecular weight is 497 g/mol. The molecule has 2 aliphatic rings. The summed E-state index contributed by atoms with van der Waals surface area (Å²) < 4.78 is 20.9. The molecule has 2 aromatic carbocycles. The summed E-state index contributed by atoms with van der Waals surface area (Å²) in [4.78, 5) is 24.0. The van der Waals surface area contributed by atoms with Gasteiger partial charge in [0, 0.05) is 48.5 Å². The molecule has 2 amide bonds. The normalized spacial score (nSPS) is 13.4. The highest BCUT2D eigenvalue weighted by Crippen LogP contribution is 2.39. The summed E-state index contributed by atoms with van der Waals surface area (Å²) in [6.07, 6.45) is 9.22. The predicted octanol–water partition coefficient (Wildman–Crippen LogP) is 3.07. The van der Waals surface area contributed by atoms with Crippen LogP contribution >= 0.6 is 0 Å². The van der Waals surface area contributed by atoms with Crippen LogP contribution in [0, 0.1) is 0 Å². The van der Waals surface area contributed by atoms with Gasteiger partial charge in [0.1, 0.15) is 11.5 Å². The molecule has 0 aromatic heterocycles. The zero-order valence-corrected chi connectivity index (χ0v) is 19.6. The Bertz CT molecular complexity index is 1080. The summed E-state index contributed by atoms with van der Waals surface area (Å²) >= 11 is 0. The zero-order chi connectivity index (χ0) is 25.3. The third-order valence-electron chi connectivity index (χ3n) is 5.57. The maximum Gasteiger partial charge on any atom is 0.244 e. The van der Waals surface area contributed by atoms with E-state index in [4.69, 9.17) is 18.9 Å². The molecule has 0 saturated carbocycles. The van der Waals surface area contributed by atoms with Crippen LogP contribution in [0.4, 0.5) is 0 Å². The minimum atomic E-state index is -0.250. The molecule has 0 fully saturated rings. The lowest BCUT2D eigenvalue weighted by molar-refractivity contribution is -0.117. The second-order valence-electron chi connectivity index (χ2n) is 8.19. The van der Waals surface area contributed by atoms with Crippen LogP contribution in [0.5, 0.6) is 34.5 Å². The lowest BCUT2D eigenvalue weighted by atomic mass is 10.1. The Balaban J connectivity index is 1.06. The largest absolute Gasteiger partial charge is 0.507 e. The second-order valence-corrected chi connectivity index (χ2v) is 8.19. The van der Waals surface area contributed by atoms with E-state index in [1.807, 2.05) is 0 Å². The quantitative estimate of drug-likeness (QED) is 0.275. The fraction of sp³-hybridized carbons (Fsp3) is 0.308. The van der Waals surface area contributed by atoms with Crippen LogP contribution in [0.1, 0.15) is 36.8 Å². The third-order valence-corrected chi connectivity index (χ3v) is 5.57. The van der Waals surface area contributed by atoms with E-state index in [1.165, 1.54) is 36.4 Å². The number of ether oxygens (including phenoxy) is 4. The van der Waals surface area contributed by atoms with E-state index in [-0.39, 0.29) is 36.9 Å². The molecular formula is C26H28N2O8. The first-order valence-electron chi connectivity index (χ1n) is 11.7. The van der Waals surface area contributed by atoms with Crippen molar-refractivity contribution in [3.63, 3.8) is 0 Å². The SMILES string of the molecule is O=C(/C=C/c1cc2c(cc1O)OCO2)NCCCCCCNC(=O)/C=C/c1cc2c(cc1O)OCO2. The molecule has 2 aromatic rings. The smallest absolute Gasteiger partial charge is 0.244 e. The predicted molar refractivity (Wildman–Crippen MR) is 131 cm³/mol. The van der Waals surface area contributed by atoms with E-state index >= 15 is 0 Å². The fourth-order valence-electron chi connectivity index (χ4n) is 3.64. The van der Waals surface area contributed by atoms with Crippen LogP contribution in [0.2, 0.25) is 0 Å². The number of phenols is 2. The first-order valence-corrected chi connectivity index (χ1v) is 11.7. The van der Waals surface area contributed by atoms with Crippen molar-refractivity contribution in [3.8, 4) is 34.5 Å². The summed E-state index contributed by atoms with van der Waals surface area (Å²) in [5.74, 6) is 1.54. The molecule has 10 nitrogen and oxygen atoms in total. The molecule has 0 spiro atoms. The number of fused-ring (bicyclic) bond motifs is 2. The van der Waals surface area contributed by atoms with Crippen LogP contribution in [0.3, 0.4) is 0 Å². The van der Waals surface area contributed by atoms with Crippen molar-refractivity contribution in [1.82, 2.24) is 10.6 Å². The molecule has 0 bridgehead atoms. The number of hydrogen-bond acceptors (Lipinski definition) is 8. The monoisotopic (exact) mass is 496 g/mol. The number of rotatable bonds is 11. The van der Waals surface area contributed by atoms with Crippen LogP contribution in [0.25, 0.3) is 12.2 Å². The Labute approximate surface area is 208 Å². The molecule has 0 radical (unpaired) electrons. The number of benzene rings is 2. The molecule has 0 unspecified atom stereocenters. The zero-order valence-electron chi connectivity index (χ0n) is 19.6. The summed E-state index contributed by atoms with van der Waals surface area (Å²) in [6.45, 7) is 1.29. The molecule has 2 aliphatic heterocycles.